The van der Waals surface area contributed by atoms with Gasteiger partial charge in [0.05, 0.1) is 6.61 Å². The standard InChI is InChI=1S/C6H10O2.C3H6O2.C2H7N/c1-4-8-6(7)5(2)3;1-2-3(4)5;1-3-2/h2,4H2,1,3H3;2H2,1H3,(H,4,5);3H,1-2H3. The molecule has 2 N–H and O–H groups in total. The molecule has 0 heterocycles. The molecule has 0 spiro atoms. The van der Waals surface area contributed by atoms with Crippen LogP contribution in [-0.4, -0.2) is 37.7 Å². The van der Waals surface area contributed by atoms with E-state index in [4.69, 9.17) is 5.11 Å². The third-order valence-electron chi connectivity index (χ3n) is 0.926. The summed E-state index contributed by atoms with van der Waals surface area (Å²) in [5.41, 5.74) is 0.451. The van der Waals surface area contributed by atoms with Gasteiger partial charge in [-0.05, 0) is 27.9 Å². The first-order chi connectivity index (χ1) is 7.37. The Hall–Kier alpha value is -1.36. The molecule has 0 atom stereocenters. The molecule has 0 unspecified atom stereocenters. The van der Waals surface area contributed by atoms with E-state index in [0.717, 1.165) is 0 Å². The van der Waals surface area contributed by atoms with Gasteiger partial charge in [-0.2, -0.15) is 0 Å². The van der Waals surface area contributed by atoms with Crippen LogP contribution < -0.4 is 5.32 Å². The molecule has 0 aliphatic heterocycles. The van der Waals surface area contributed by atoms with Gasteiger partial charge in [-0.3, -0.25) is 4.79 Å². The average molecular weight is 233 g/mol. The summed E-state index contributed by atoms with van der Waals surface area (Å²) >= 11 is 0. The topological polar surface area (TPSA) is 75.6 Å². The van der Waals surface area contributed by atoms with E-state index < -0.39 is 5.97 Å². The first-order valence-corrected chi connectivity index (χ1v) is 5.00. The highest BCUT2D eigenvalue weighted by atomic mass is 16.5. The maximum Gasteiger partial charge on any atom is 0.333 e. The number of hydrogen-bond acceptors (Lipinski definition) is 4. The zero-order chi connectivity index (χ0) is 13.6. The minimum absolute atomic E-state index is 0.222. The van der Waals surface area contributed by atoms with E-state index in [-0.39, 0.29) is 12.4 Å². The third-order valence-corrected chi connectivity index (χ3v) is 0.926. The Morgan fingerprint density at radius 1 is 1.31 bits per heavy atom. The van der Waals surface area contributed by atoms with Crippen molar-refractivity contribution in [3.05, 3.63) is 12.2 Å². The Labute approximate surface area is 97.5 Å². The number of carbonyl (C=O) groups is 2. The van der Waals surface area contributed by atoms with Gasteiger partial charge in [0, 0.05) is 12.0 Å². The number of ether oxygens (including phenoxy) is 1. The number of carbonyl (C=O) groups excluding carboxylic acids is 1. The first kappa shape index (κ1) is 20.1. The Kier molecular flexibility index (Phi) is 20.2. The lowest BCUT2D eigenvalue weighted by molar-refractivity contribution is -0.138. The smallest absolute Gasteiger partial charge is 0.333 e. The van der Waals surface area contributed by atoms with Crippen molar-refractivity contribution in [1.82, 2.24) is 5.32 Å². The Morgan fingerprint density at radius 3 is 1.69 bits per heavy atom. The van der Waals surface area contributed by atoms with Gasteiger partial charge in [0.25, 0.3) is 0 Å². The normalized spacial score (nSPS) is 7.56. The zero-order valence-electron chi connectivity index (χ0n) is 10.8. The van der Waals surface area contributed by atoms with E-state index in [9.17, 15) is 9.59 Å². The molecule has 0 saturated heterocycles. The highest BCUT2D eigenvalue weighted by Crippen LogP contribution is 1.89. The number of hydrogen-bond donors (Lipinski definition) is 2. The second kappa shape index (κ2) is 16.1. The molecular formula is C11H23NO4. The first-order valence-electron chi connectivity index (χ1n) is 5.00. The van der Waals surface area contributed by atoms with Crippen LogP contribution >= 0.6 is 0 Å². The molecular weight excluding hydrogens is 210 g/mol. The summed E-state index contributed by atoms with van der Waals surface area (Å²) < 4.78 is 4.56. The number of rotatable bonds is 3. The molecule has 0 aromatic heterocycles. The number of carboxylic acids is 1. The van der Waals surface area contributed by atoms with Gasteiger partial charge in [0.2, 0.25) is 0 Å². The van der Waals surface area contributed by atoms with E-state index in [1.165, 1.54) is 0 Å². The van der Waals surface area contributed by atoms with E-state index in [1.807, 2.05) is 14.1 Å². The molecule has 96 valence electrons. The van der Waals surface area contributed by atoms with Crippen LogP contribution in [-0.2, 0) is 14.3 Å². The van der Waals surface area contributed by atoms with Crippen molar-refractivity contribution in [3.63, 3.8) is 0 Å². The van der Waals surface area contributed by atoms with Crippen LogP contribution in [0, 0.1) is 0 Å². The van der Waals surface area contributed by atoms with Crippen LogP contribution in [0.5, 0.6) is 0 Å². The quantitative estimate of drug-likeness (QED) is 0.570. The molecule has 0 amide bonds. The fourth-order valence-electron chi connectivity index (χ4n) is 0.254. The second-order valence-corrected chi connectivity index (χ2v) is 2.75. The fourth-order valence-corrected chi connectivity index (χ4v) is 0.254. The zero-order valence-corrected chi connectivity index (χ0v) is 10.8. The second-order valence-electron chi connectivity index (χ2n) is 2.75. The third kappa shape index (κ3) is 29.3. The van der Waals surface area contributed by atoms with E-state index in [0.29, 0.717) is 12.2 Å². The van der Waals surface area contributed by atoms with Gasteiger partial charge in [-0.1, -0.05) is 13.5 Å². The van der Waals surface area contributed by atoms with Gasteiger partial charge in [-0.25, -0.2) is 4.79 Å². The molecule has 5 heteroatoms. The van der Waals surface area contributed by atoms with Crippen molar-refractivity contribution in [2.75, 3.05) is 20.7 Å². The van der Waals surface area contributed by atoms with Gasteiger partial charge >= 0.3 is 11.9 Å². The maximum absolute atomic E-state index is 10.4. The van der Waals surface area contributed by atoms with E-state index in [1.54, 1.807) is 20.8 Å². The number of nitrogens with one attached hydrogen (secondary N) is 1. The molecule has 16 heavy (non-hydrogen) atoms. The highest BCUT2D eigenvalue weighted by Gasteiger charge is 1.98. The van der Waals surface area contributed by atoms with Crippen LogP contribution in [0.4, 0.5) is 0 Å². The van der Waals surface area contributed by atoms with E-state index in [2.05, 4.69) is 16.6 Å². The summed E-state index contributed by atoms with van der Waals surface area (Å²) in [5, 5.41) is 10.5. The van der Waals surface area contributed by atoms with Crippen molar-refractivity contribution in [3.8, 4) is 0 Å². The average Bonchev–Trinajstić information content (AvgIpc) is 2.20. The molecule has 0 bridgehead atoms. The fraction of sp³-hybridized carbons (Fsp3) is 0.636. The van der Waals surface area contributed by atoms with Crippen molar-refractivity contribution in [1.29, 1.82) is 0 Å². The van der Waals surface area contributed by atoms with Crippen molar-refractivity contribution in [2.24, 2.45) is 0 Å². The van der Waals surface area contributed by atoms with Crippen LogP contribution in [0.3, 0.4) is 0 Å². The summed E-state index contributed by atoms with van der Waals surface area (Å²) in [6.07, 6.45) is 0.222. The lowest BCUT2D eigenvalue weighted by Gasteiger charge is -1.96. The Balaban J connectivity index is -0.000000181. The number of aliphatic carboxylic acids is 1. The maximum atomic E-state index is 10.4. The van der Waals surface area contributed by atoms with Gasteiger partial charge in [0.1, 0.15) is 0 Å². The number of carboxylic acid groups (broad SMARTS) is 1. The minimum Gasteiger partial charge on any atom is -0.481 e. The van der Waals surface area contributed by atoms with Crippen LogP contribution in [0.15, 0.2) is 12.2 Å². The molecule has 0 saturated carbocycles. The lowest BCUT2D eigenvalue weighted by Crippen LogP contribution is -2.03. The largest absolute Gasteiger partial charge is 0.481 e. The van der Waals surface area contributed by atoms with Gasteiger partial charge in [-0.15, -0.1) is 0 Å². The summed E-state index contributed by atoms with van der Waals surface area (Å²) in [5.74, 6) is -1.06. The molecule has 5 nitrogen and oxygen atoms in total. The minimum atomic E-state index is -0.745. The molecule has 0 aliphatic carbocycles. The van der Waals surface area contributed by atoms with Crippen molar-refractivity contribution < 1.29 is 19.4 Å². The SMILES string of the molecule is C=C(C)C(=O)OCC.CCC(=O)O.CNC. The number of esters is 1. The summed E-state index contributed by atoms with van der Waals surface area (Å²) in [6, 6.07) is 0. The van der Waals surface area contributed by atoms with Crippen LogP contribution in [0.1, 0.15) is 27.2 Å². The summed E-state index contributed by atoms with van der Waals surface area (Å²) in [6.45, 7) is 8.81. The summed E-state index contributed by atoms with van der Waals surface area (Å²) in [4.78, 5) is 19.8. The molecule has 0 aliphatic rings. The van der Waals surface area contributed by atoms with E-state index >= 15 is 0 Å². The monoisotopic (exact) mass is 233 g/mol. The van der Waals surface area contributed by atoms with Crippen LogP contribution in [0.25, 0.3) is 0 Å². The summed E-state index contributed by atoms with van der Waals surface area (Å²) in [7, 11) is 3.75. The molecule has 0 rings (SSSR count). The lowest BCUT2D eigenvalue weighted by atomic mass is 10.4. The van der Waals surface area contributed by atoms with Crippen LogP contribution in [0.2, 0.25) is 0 Å². The van der Waals surface area contributed by atoms with Gasteiger partial charge < -0.3 is 15.2 Å². The Bertz CT molecular complexity index is 202. The molecule has 0 radical (unpaired) electrons. The van der Waals surface area contributed by atoms with Crippen molar-refractivity contribution >= 4 is 11.9 Å². The predicted octanol–water partition coefficient (Wildman–Crippen LogP) is 1.44. The molecule has 0 aromatic rings. The highest BCUT2D eigenvalue weighted by molar-refractivity contribution is 5.86. The van der Waals surface area contributed by atoms with Crippen molar-refractivity contribution in [2.45, 2.75) is 27.2 Å². The molecule has 0 aromatic carbocycles. The van der Waals surface area contributed by atoms with Gasteiger partial charge in [0.15, 0.2) is 0 Å². The molecule has 0 fully saturated rings. The predicted molar refractivity (Wildman–Crippen MR) is 64.4 cm³/mol. The Morgan fingerprint density at radius 2 is 1.62 bits per heavy atom.